The summed E-state index contributed by atoms with van der Waals surface area (Å²) in [7, 11) is 0. The molecule has 10 heteroatoms. The van der Waals surface area contributed by atoms with Gasteiger partial charge in [-0.15, -0.1) is 16.4 Å². The first-order valence-corrected chi connectivity index (χ1v) is 9.36. The van der Waals surface area contributed by atoms with Gasteiger partial charge in [-0.3, -0.25) is 14.2 Å². The van der Waals surface area contributed by atoms with Crippen molar-refractivity contribution in [1.29, 1.82) is 0 Å². The van der Waals surface area contributed by atoms with Crippen LogP contribution in [0.15, 0.2) is 43.8 Å². The monoisotopic (exact) mass is 387 g/mol. The van der Waals surface area contributed by atoms with Crippen LogP contribution in [0, 0.1) is 0 Å². The minimum Gasteiger partial charge on any atom is -0.467 e. The van der Waals surface area contributed by atoms with Crippen molar-refractivity contribution in [2.45, 2.75) is 26.4 Å². The Morgan fingerprint density at radius 1 is 1.33 bits per heavy atom. The number of aromatic nitrogens is 4. The molecule has 0 aliphatic carbocycles. The molecule has 4 aromatic rings. The Hall–Kier alpha value is -3.14. The van der Waals surface area contributed by atoms with Crippen molar-refractivity contribution in [2.24, 2.45) is 0 Å². The first-order valence-electron chi connectivity index (χ1n) is 8.48. The first-order chi connectivity index (χ1) is 13.1. The lowest BCUT2D eigenvalue weighted by molar-refractivity contribution is -0.121. The van der Waals surface area contributed by atoms with Crippen LogP contribution in [-0.4, -0.2) is 31.2 Å². The van der Waals surface area contributed by atoms with Crippen molar-refractivity contribution < 1.29 is 9.21 Å². The average molecular weight is 387 g/mol. The molecular weight excluding hydrogens is 370 g/mol. The Labute approximate surface area is 156 Å². The van der Waals surface area contributed by atoms with Crippen LogP contribution in [-0.2, 0) is 17.9 Å². The maximum atomic E-state index is 12.9. The highest BCUT2D eigenvalue weighted by atomic mass is 32.1. The topological polar surface area (TPSA) is 104 Å². The smallest absolute Gasteiger partial charge is 0.352 e. The van der Waals surface area contributed by atoms with Crippen LogP contribution in [0.5, 0.6) is 0 Å². The highest BCUT2D eigenvalue weighted by Gasteiger charge is 2.20. The molecule has 140 valence electrons. The summed E-state index contributed by atoms with van der Waals surface area (Å²) in [4.78, 5) is 37.8. The minimum atomic E-state index is -0.465. The summed E-state index contributed by atoms with van der Waals surface area (Å²) in [6, 6.07) is 5.18. The lowest BCUT2D eigenvalue weighted by Crippen LogP contribution is -2.33. The fourth-order valence-corrected chi connectivity index (χ4v) is 3.72. The lowest BCUT2D eigenvalue weighted by Gasteiger charge is -2.05. The highest BCUT2D eigenvalue weighted by molar-refractivity contribution is 7.17. The van der Waals surface area contributed by atoms with E-state index in [1.54, 1.807) is 23.6 Å². The fraction of sp³-hybridized carbons (Fsp3) is 0.294. The summed E-state index contributed by atoms with van der Waals surface area (Å²) in [5.74, 6) is 0.442. The lowest BCUT2D eigenvalue weighted by atomic mass is 10.4. The van der Waals surface area contributed by atoms with E-state index in [1.165, 1.54) is 26.6 Å². The summed E-state index contributed by atoms with van der Waals surface area (Å²) in [5, 5.41) is 8.73. The number of nitrogens with one attached hydrogen (secondary N) is 1. The molecule has 0 saturated heterocycles. The normalized spacial score (nSPS) is 11.4. The molecular formula is C17H17N5O4S. The quantitative estimate of drug-likeness (QED) is 0.532. The Bertz CT molecular complexity index is 1230. The number of rotatable bonds is 6. The van der Waals surface area contributed by atoms with E-state index in [-0.39, 0.29) is 30.3 Å². The number of fused-ring (bicyclic) bond motifs is 3. The van der Waals surface area contributed by atoms with Gasteiger partial charge in [0.2, 0.25) is 11.7 Å². The van der Waals surface area contributed by atoms with Crippen molar-refractivity contribution in [1.82, 2.24) is 24.1 Å². The van der Waals surface area contributed by atoms with Crippen molar-refractivity contribution in [3.8, 4) is 0 Å². The largest absolute Gasteiger partial charge is 0.467 e. The molecule has 4 aromatic heterocycles. The summed E-state index contributed by atoms with van der Waals surface area (Å²) in [6.07, 6.45) is 2.31. The second-order valence-corrected chi connectivity index (χ2v) is 6.95. The zero-order valence-corrected chi connectivity index (χ0v) is 15.4. The first kappa shape index (κ1) is 17.3. The molecule has 1 amide bonds. The molecule has 0 aromatic carbocycles. The predicted octanol–water partition coefficient (Wildman–Crippen LogP) is 1.04. The van der Waals surface area contributed by atoms with E-state index < -0.39 is 5.69 Å². The summed E-state index contributed by atoms with van der Waals surface area (Å²) >= 11 is 1.26. The molecule has 0 atom stereocenters. The number of hydrogen-bond acceptors (Lipinski definition) is 6. The molecule has 9 nitrogen and oxygen atoms in total. The van der Waals surface area contributed by atoms with Gasteiger partial charge in [0.1, 0.15) is 17.0 Å². The zero-order chi connectivity index (χ0) is 19.0. The third kappa shape index (κ3) is 2.97. The Morgan fingerprint density at radius 2 is 2.19 bits per heavy atom. The van der Waals surface area contributed by atoms with Crippen molar-refractivity contribution in [3.05, 3.63) is 56.4 Å². The number of amides is 1. The van der Waals surface area contributed by atoms with E-state index in [0.717, 1.165) is 11.1 Å². The SMILES string of the molecule is CCCNC(=O)Cn1nc2n(Cc3ccco3)c(=O)c3sccc3n2c1=O. The van der Waals surface area contributed by atoms with E-state index in [0.29, 0.717) is 22.5 Å². The van der Waals surface area contributed by atoms with Crippen LogP contribution < -0.4 is 16.6 Å². The van der Waals surface area contributed by atoms with Gasteiger partial charge in [-0.2, -0.15) is 0 Å². The van der Waals surface area contributed by atoms with Crippen LogP contribution in [0.25, 0.3) is 16.0 Å². The van der Waals surface area contributed by atoms with E-state index in [4.69, 9.17) is 4.42 Å². The third-order valence-electron chi connectivity index (χ3n) is 4.15. The van der Waals surface area contributed by atoms with E-state index in [2.05, 4.69) is 10.4 Å². The number of carbonyl (C=O) groups excluding carboxylic acids is 1. The van der Waals surface area contributed by atoms with Gasteiger partial charge in [-0.1, -0.05) is 6.92 Å². The Balaban J connectivity index is 1.89. The second kappa shape index (κ2) is 6.88. The van der Waals surface area contributed by atoms with Crippen LogP contribution in [0.3, 0.4) is 0 Å². The maximum absolute atomic E-state index is 12.9. The standard InChI is InChI=1S/C17H17N5O4S/c1-2-6-18-13(23)10-21-17(25)22-12-5-8-27-14(12)15(24)20(16(22)19-21)9-11-4-3-7-26-11/h3-5,7-8H,2,6,9-10H2,1H3,(H,18,23). The van der Waals surface area contributed by atoms with E-state index in [1.807, 2.05) is 6.92 Å². The summed E-state index contributed by atoms with van der Waals surface area (Å²) in [6.45, 7) is 2.40. The van der Waals surface area contributed by atoms with Gasteiger partial charge in [0.05, 0.1) is 18.3 Å². The van der Waals surface area contributed by atoms with Gasteiger partial charge in [-0.05, 0) is 30.0 Å². The van der Waals surface area contributed by atoms with E-state index in [9.17, 15) is 14.4 Å². The van der Waals surface area contributed by atoms with Gasteiger partial charge in [0.25, 0.3) is 5.56 Å². The van der Waals surface area contributed by atoms with Crippen LogP contribution >= 0.6 is 11.3 Å². The molecule has 0 spiro atoms. The highest BCUT2D eigenvalue weighted by Crippen LogP contribution is 2.17. The van der Waals surface area contributed by atoms with Gasteiger partial charge >= 0.3 is 5.69 Å². The van der Waals surface area contributed by atoms with Gasteiger partial charge < -0.3 is 9.73 Å². The van der Waals surface area contributed by atoms with Gasteiger partial charge in [-0.25, -0.2) is 13.9 Å². The molecule has 0 fully saturated rings. The van der Waals surface area contributed by atoms with E-state index >= 15 is 0 Å². The average Bonchev–Trinajstić information content (AvgIpc) is 3.38. The summed E-state index contributed by atoms with van der Waals surface area (Å²) < 4.78 is 9.62. The zero-order valence-electron chi connectivity index (χ0n) is 14.5. The molecule has 1 N–H and O–H groups in total. The summed E-state index contributed by atoms with van der Waals surface area (Å²) in [5.41, 5.74) is -0.231. The number of furan rings is 1. The second-order valence-electron chi connectivity index (χ2n) is 6.03. The number of hydrogen-bond donors (Lipinski definition) is 1. The van der Waals surface area contributed by atoms with Crippen molar-refractivity contribution in [2.75, 3.05) is 6.54 Å². The predicted molar refractivity (Wildman–Crippen MR) is 100 cm³/mol. The van der Waals surface area contributed by atoms with Gasteiger partial charge in [0, 0.05) is 6.54 Å². The molecule has 0 aliphatic rings. The molecule has 4 rings (SSSR count). The molecule has 0 saturated carbocycles. The molecule has 0 unspecified atom stereocenters. The Kier molecular flexibility index (Phi) is 4.40. The molecule has 0 radical (unpaired) electrons. The molecule has 4 heterocycles. The van der Waals surface area contributed by atoms with Crippen LogP contribution in [0.4, 0.5) is 0 Å². The minimum absolute atomic E-state index is 0.141. The number of carbonyl (C=O) groups is 1. The third-order valence-corrected chi connectivity index (χ3v) is 5.04. The fourth-order valence-electron chi connectivity index (χ4n) is 2.89. The van der Waals surface area contributed by atoms with Crippen molar-refractivity contribution >= 4 is 33.2 Å². The van der Waals surface area contributed by atoms with Crippen LogP contribution in [0.2, 0.25) is 0 Å². The molecule has 0 bridgehead atoms. The number of nitrogens with zero attached hydrogens (tertiary/aromatic N) is 4. The van der Waals surface area contributed by atoms with Gasteiger partial charge in [0.15, 0.2) is 0 Å². The maximum Gasteiger partial charge on any atom is 0.352 e. The van der Waals surface area contributed by atoms with Crippen molar-refractivity contribution in [3.63, 3.8) is 0 Å². The number of thiophene rings is 1. The molecule has 0 aliphatic heterocycles. The van der Waals surface area contributed by atoms with Crippen LogP contribution in [0.1, 0.15) is 19.1 Å². The Morgan fingerprint density at radius 3 is 2.93 bits per heavy atom. The molecule has 27 heavy (non-hydrogen) atoms.